The Morgan fingerprint density at radius 3 is 2.53 bits per heavy atom. The summed E-state index contributed by atoms with van der Waals surface area (Å²) in [6, 6.07) is 6.77. The van der Waals surface area contributed by atoms with Crippen LogP contribution in [0.25, 0.3) is 22.3 Å². The third kappa shape index (κ3) is 4.98. The molecule has 1 N–H and O–H groups in total. The average molecular weight is 512 g/mol. The number of nitrogens with zero attached hydrogens (tertiary/aromatic N) is 6. The fraction of sp³-hybridized carbons (Fsp3) is 0.360. The Balaban J connectivity index is 1.38. The molecule has 4 heterocycles. The van der Waals surface area contributed by atoms with Gasteiger partial charge < -0.3 is 9.88 Å². The molecule has 0 unspecified atom stereocenters. The summed E-state index contributed by atoms with van der Waals surface area (Å²) in [6.45, 7) is 8.14. The fourth-order valence-corrected chi connectivity index (χ4v) is 5.61. The summed E-state index contributed by atoms with van der Waals surface area (Å²) in [6.07, 6.45) is 2.82. The average Bonchev–Trinajstić information content (AvgIpc) is 3.19. The van der Waals surface area contributed by atoms with E-state index in [9.17, 15) is 13.0 Å². The van der Waals surface area contributed by atoms with E-state index in [0.29, 0.717) is 34.2 Å². The number of hydrogen-bond acceptors (Lipinski definition) is 7. The fourth-order valence-electron chi connectivity index (χ4n) is 4.49. The minimum absolute atomic E-state index is 0.0124. The van der Waals surface area contributed by atoms with Crippen molar-refractivity contribution in [2.45, 2.75) is 33.4 Å². The second-order valence-electron chi connectivity index (χ2n) is 9.14. The van der Waals surface area contributed by atoms with Crippen molar-refractivity contribution in [2.24, 2.45) is 0 Å². The molecular formula is C25H27F2N7OS. The Kier molecular flexibility index (Phi) is 6.76. The van der Waals surface area contributed by atoms with E-state index in [4.69, 9.17) is 0 Å². The van der Waals surface area contributed by atoms with Crippen molar-refractivity contribution in [1.82, 2.24) is 29.4 Å². The highest BCUT2D eigenvalue weighted by Crippen LogP contribution is 2.30. The summed E-state index contributed by atoms with van der Waals surface area (Å²) in [5, 5.41) is 3.00. The predicted molar refractivity (Wildman–Crippen MR) is 136 cm³/mol. The highest BCUT2D eigenvalue weighted by molar-refractivity contribution is 7.85. The van der Waals surface area contributed by atoms with Crippen LogP contribution in [-0.4, -0.2) is 58.2 Å². The monoisotopic (exact) mass is 511 g/mol. The minimum atomic E-state index is -0.707. The SMILES string of the molecule is Cc1nc2c(F)cc(-c3nc(Nc4ccc(CN5CCS(=O)CC5)cn4)ncc3F)cc2n1C(C)C. The number of aryl methyl sites for hydroxylation is 1. The first kappa shape index (κ1) is 24.4. The van der Waals surface area contributed by atoms with E-state index in [1.807, 2.05) is 31.4 Å². The largest absolute Gasteiger partial charge is 0.326 e. The topological polar surface area (TPSA) is 88.8 Å². The first-order valence-electron chi connectivity index (χ1n) is 11.8. The molecule has 0 aliphatic carbocycles. The van der Waals surface area contributed by atoms with Crippen LogP contribution in [0.4, 0.5) is 20.5 Å². The molecule has 0 amide bonds. The molecule has 5 rings (SSSR count). The van der Waals surface area contributed by atoms with Crippen molar-refractivity contribution >= 4 is 33.6 Å². The molecule has 0 radical (unpaired) electrons. The molecule has 3 aromatic heterocycles. The van der Waals surface area contributed by atoms with Crippen LogP contribution < -0.4 is 5.32 Å². The summed E-state index contributed by atoms with van der Waals surface area (Å²) in [5.41, 5.74) is 2.16. The van der Waals surface area contributed by atoms with Crippen LogP contribution in [0.3, 0.4) is 0 Å². The lowest BCUT2D eigenvalue weighted by Gasteiger charge is -2.25. The Morgan fingerprint density at radius 2 is 1.83 bits per heavy atom. The van der Waals surface area contributed by atoms with Crippen LogP contribution in [0.1, 0.15) is 31.3 Å². The highest BCUT2D eigenvalue weighted by Gasteiger charge is 2.19. The van der Waals surface area contributed by atoms with Gasteiger partial charge in [-0.15, -0.1) is 0 Å². The van der Waals surface area contributed by atoms with Crippen LogP contribution in [0.2, 0.25) is 0 Å². The molecule has 1 aliphatic heterocycles. The van der Waals surface area contributed by atoms with Gasteiger partial charge in [-0.2, -0.15) is 0 Å². The maximum absolute atomic E-state index is 14.9. The Labute approximate surface area is 210 Å². The molecule has 0 saturated carbocycles. The molecule has 0 bridgehead atoms. The Hall–Kier alpha value is -3.31. The number of rotatable bonds is 6. The first-order valence-corrected chi connectivity index (χ1v) is 13.3. The number of halogens is 2. The van der Waals surface area contributed by atoms with Gasteiger partial charge in [0.2, 0.25) is 5.95 Å². The third-order valence-electron chi connectivity index (χ3n) is 6.20. The quantitative estimate of drug-likeness (QED) is 0.411. The number of benzene rings is 1. The molecule has 0 spiro atoms. The maximum atomic E-state index is 14.9. The third-order valence-corrected chi connectivity index (χ3v) is 7.48. The van der Waals surface area contributed by atoms with Gasteiger partial charge in [-0.3, -0.25) is 9.11 Å². The van der Waals surface area contributed by atoms with Gasteiger partial charge in [0.25, 0.3) is 0 Å². The Bertz CT molecular complexity index is 1430. The normalized spacial score (nSPS) is 15.2. The van der Waals surface area contributed by atoms with Crippen LogP contribution in [0.5, 0.6) is 0 Å². The van der Waals surface area contributed by atoms with Crippen molar-refractivity contribution in [2.75, 3.05) is 29.9 Å². The highest BCUT2D eigenvalue weighted by atomic mass is 32.2. The molecule has 8 nitrogen and oxygen atoms in total. The maximum Gasteiger partial charge on any atom is 0.229 e. The summed E-state index contributed by atoms with van der Waals surface area (Å²) < 4.78 is 43.1. The zero-order valence-electron chi connectivity index (χ0n) is 20.3. The summed E-state index contributed by atoms with van der Waals surface area (Å²) in [7, 11) is -0.707. The van der Waals surface area contributed by atoms with E-state index in [1.165, 1.54) is 6.07 Å². The number of imidazole rings is 1. The van der Waals surface area contributed by atoms with Gasteiger partial charge in [-0.25, -0.2) is 28.7 Å². The second-order valence-corrected chi connectivity index (χ2v) is 10.8. The van der Waals surface area contributed by atoms with E-state index in [2.05, 4.69) is 30.2 Å². The first-order chi connectivity index (χ1) is 17.3. The Morgan fingerprint density at radius 1 is 1.06 bits per heavy atom. The number of anilines is 2. The lowest BCUT2D eigenvalue weighted by atomic mass is 10.1. The lowest BCUT2D eigenvalue weighted by molar-refractivity contribution is 0.291. The van der Waals surface area contributed by atoms with Crippen LogP contribution in [0.15, 0.2) is 36.7 Å². The van der Waals surface area contributed by atoms with Crippen molar-refractivity contribution in [3.63, 3.8) is 0 Å². The summed E-state index contributed by atoms with van der Waals surface area (Å²) >= 11 is 0. The minimum Gasteiger partial charge on any atom is -0.326 e. The standard InChI is InChI=1S/C25H27F2N7OS/c1-15(2)34-16(3)30-24-19(26)10-18(11-21(24)34)23-20(27)13-29-25(32-23)31-22-5-4-17(12-28-22)14-33-6-8-36(35)9-7-33/h4-5,10-13,15H,6-9,14H2,1-3H3,(H,28,29,31,32). The van der Waals surface area contributed by atoms with Crippen LogP contribution in [0, 0.1) is 18.6 Å². The van der Waals surface area contributed by atoms with Crippen molar-refractivity contribution < 1.29 is 13.0 Å². The number of nitrogens with one attached hydrogen (secondary N) is 1. The van der Waals surface area contributed by atoms with Gasteiger partial charge in [0.15, 0.2) is 11.6 Å². The van der Waals surface area contributed by atoms with Gasteiger partial charge in [0.1, 0.15) is 22.9 Å². The lowest BCUT2D eigenvalue weighted by Crippen LogP contribution is -2.37. The van der Waals surface area contributed by atoms with Crippen molar-refractivity contribution in [3.05, 3.63) is 59.7 Å². The predicted octanol–water partition coefficient (Wildman–Crippen LogP) is 4.36. The van der Waals surface area contributed by atoms with Crippen molar-refractivity contribution in [1.29, 1.82) is 0 Å². The van der Waals surface area contributed by atoms with Gasteiger partial charge in [-0.05, 0) is 44.5 Å². The zero-order chi connectivity index (χ0) is 25.4. The van der Waals surface area contributed by atoms with Gasteiger partial charge in [0.05, 0.1) is 11.7 Å². The van der Waals surface area contributed by atoms with E-state index in [1.54, 1.807) is 18.3 Å². The zero-order valence-corrected chi connectivity index (χ0v) is 21.1. The number of fused-ring (bicyclic) bond motifs is 1. The van der Waals surface area contributed by atoms with Crippen LogP contribution in [-0.2, 0) is 17.3 Å². The molecular weight excluding hydrogens is 484 g/mol. The number of pyridine rings is 1. The summed E-state index contributed by atoms with van der Waals surface area (Å²) in [4.78, 5) is 19.4. The molecule has 36 heavy (non-hydrogen) atoms. The van der Waals surface area contributed by atoms with E-state index >= 15 is 0 Å². The number of aromatic nitrogens is 5. The molecule has 0 atom stereocenters. The molecule has 188 valence electrons. The van der Waals surface area contributed by atoms with E-state index < -0.39 is 22.4 Å². The smallest absolute Gasteiger partial charge is 0.229 e. The van der Waals surface area contributed by atoms with Crippen molar-refractivity contribution in [3.8, 4) is 11.3 Å². The molecule has 1 fully saturated rings. The molecule has 4 aromatic rings. The van der Waals surface area contributed by atoms with Gasteiger partial charge in [0, 0.05) is 59.7 Å². The van der Waals surface area contributed by atoms with E-state index in [0.717, 1.165) is 31.4 Å². The molecule has 1 aliphatic rings. The second kappa shape index (κ2) is 9.98. The van der Waals surface area contributed by atoms with Gasteiger partial charge >= 0.3 is 0 Å². The molecule has 1 aromatic carbocycles. The molecule has 11 heteroatoms. The van der Waals surface area contributed by atoms with Crippen LogP contribution >= 0.6 is 0 Å². The molecule has 1 saturated heterocycles. The van der Waals surface area contributed by atoms with Gasteiger partial charge in [-0.1, -0.05) is 6.07 Å². The van der Waals surface area contributed by atoms with E-state index in [-0.39, 0.29) is 23.2 Å². The summed E-state index contributed by atoms with van der Waals surface area (Å²) in [5.74, 6) is 1.56. The number of hydrogen-bond donors (Lipinski definition) is 1.